The van der Waals surface area contributed by atoms with Crippen LogP contribution in [0.5, 0.6) is 5.75 Å². The fourth-order valence-corrected chi connectivity index (χ4v) is 3.16. The summed E-state index contributed by atoms with van der Waals surface area (Å²) in [6.07, 6.45) is 4.61. The van der Waals surface area contributed by atoms with Crippen molar-refractivity contribution in [1.82, 2.24) is 19.5 Å². The number of hydrogen-bond donors (Lipinski definition) is 3. The number of nitrogens with zero attached hydrogens (tertiary/aromatic N) is 4. The highest BCUT2D eigenvalue weighted by atomic mass is 32.2. The molecule has 1 aliphatic rings. The average molecular weight is 323 g/mol. The quantitative estimate of drug-likeness (QED) is 0.741. The van der Waals surface area contributed by atoms with Gasteiger partial charge in [-0.3, -0.25) is 4.68 Å². The molecule has 1 aromatic heterocycles. The molecule has 2 heterocycles. The summed E-state index contributed by atoms with van der Waals surface area (Å²) < 4.78 is 27.9. The lowest BCUT2D eigenvalue weighted by molar-refractivity contribution is 0.392. The van der Waals surface area contributed by atoms with E-state index >= 15 is 0 Å². The Morgan fingerprint density at radius 2 is 2.09 bits per heavy atom. The summed E-state index contributed by atoms with van der Waals surface area (Å²) in [5.41, 5.74) is 0.871. The molecule has 2 aromatic rings. The first-order valence-electron chi connectivity index (χ1n) is 6.33. The van der Waals surface area contributed by atoms with Crippen LogP contribution in [0.2, 0.25) is 0 Å². The van der Waals surface area contributed by atoms with Gasteiger partial charge in [0.2, 0.25) is 5.88 Å². The van der Waals surface area contributed by atoms with Gasteiger partial charge >= 0.3 is 10.2 Å². The van der Waals surface area contributed by atoms with E-state index in [1.807, 2.05) is 4.72 Å². The van der Waals surface area contributed by atoms with Crippen LogP contribution < -0.4 is 9.03 Å². The number of nitrogens with one attached hydrogen (secondary N) is 1. The van der Waals surface area contributed by atoms with E-state index in [4.69, 9.17) is 0 Å². The van der Waals surface area contributed by atoms with Crippen molar-refractivity contribution in [2.75, 3.05) is 4.31 Å². The minimum Gasteiger partial charge on any atom is -0.506 e. The van der Waals surface area contributed by atoms with Crippen molar-refractivity contribution in [2.45, 2.75) is 13.0 Å². The first-order chi connectivity index (χ1) is 10.5. The van der Waals surface area contributed by atoms with Crippen LogP contribution in [0.1, 0.15) is 5.56 Å². The molecule has 1 aliphatic heterocycles. The molecule has 116 valence electrons. The lowest BCUT2D eigenvalue weighted by Crippen LogP contribution is -2.29. The number of aromatic nitrogens is 3. The van der Waals surface area contributed by atoms with Crippen molar-refractivity contribution < 1.29 is 18.6 Å². The van der Waals surface area contributed by atoms with Crippen LogP contribution in [-0.2, 0) is 23.2 Å². The minimum absolute atomic E-state index is 0.0565. The molecule has 10 heteroatoms. The molecule has 22 heavy (non-hydrogen) atoms. The van der Waals surface area contributed by atoms with Crippen LogP contribution in [-0.4, -0.2) is 33.4 Å². The van der Waals surface area contributed by atoms with Crippen molar-refractivity contribution in [3.8, 4) is 5.75 Å². The maximum Gasteiger partial charge on any atom is 0.330 e. The number of benzene rings is 1. The van der Waals surface area contributed by atoms with Gasteiger partial charge in [0.25, 0.3) is 0 Å². The summed E-state index contributed by atoms with van der Waals surface area (Å²) in [6.45, 7) is 0.586. The summed E-state index contributed by atoms with van der Waals surface area (Å²) >= 11 is 0. The number of aliphatic hydroxyl groups is 1. The van der Waals surface area contributed by atoms with E-state index in [9.17, 15) is 18.6 Å². The molecular formula is C12H13N5O4S. The van der Waals surface area contributed by atoms with Gasteiger partial charge in [-0.25, -0.2) is 14.0 Å². The normalized spacial score (nSPS) is 16.4. The smallest absolute Gasteiger partial charge is 0.330 e. The van der Waals surface area contributed by atoms with Crippen molar-refractivity contribution >= 4 is 15.9 Å². The van der Waals surface area contributed by atoms with Crippen LogP contribution in [0.3, 0.4) is 0 Å². The van der Waals surface area contributed by atoms with E-state index in [1.54, 1.807) is 17.1 Å². The maximum absolute atomic E-state index is 11.8. The molecule has 3 rings (SSSR count). The van der Waals surface area contributed by atoms with Crippen LogP contribution in [0.25, 0.3) is 0 Å². The number of aromatic hydroxyl groups is 1. The number of hydrogen-bond acceptors (Lipinski definition) is 6. The zero-order chi connectivity index (χ0) is 15.7. The molecule has 0 atom stereocenters. The van der Waals surface area contributed by atoms with E-state index in [-0.39, 0.29) is 11.4 Å². The van der Waals surface area contributed by atoms with Crippen LogP contribution in [0.15, 0.2) is 42.9 Å². The molecular weight excluding hydrogens is 310 g/mol. The number of aryl methyl sites for hydroxylation is 2. The molecule has 9 nitrogen and oxygen atoms in total. The predicted molar refractivity (Wildman–Crippen MR) is 77.1 cm³/mol. The van der Waals surface area contributed by atoms with Crippen LogP contribution in [0.4, 0.5) is 5.69 Å². The number of rotatable bonds is 4. The summed E-state index contributed by atoms with van der Waals surface area (Å²) in [5.74, 6) is -0.706. The van der Waals surface area contributed by atoms with Gasteiger partial charge in [-0.05, 0) is 24.1 Å². The lowest BCUT2D eigenvalue weighted by atomic mass is 10.1. The van der Waals surface area contributed by atoms with Gasteiger partial charge in [0.15, 0.2) is 0 Å². The summed E-state index contributed by atoms with van der Waals surface area (Å²) in [5, 5.41) is 23.3. The maximum atomic E-state index is 11.8. The fraction of sp³-hybridized carbons (Fsp3) is 0.167. The largest absolute Gasteiger partial charge is 0.506 e. The van der Waals surface area contributed by atoms with E-state index in [0.717, 1.165) is 16.1 Å². The minimum atomic E-state index is -3.91. The third-order valence-electron chi connectivity index (χ3n) is 3.11. The molecule has 0 bridgehead atoms. The number of aliphatic hydroxyl groups excluding tert-OH is 1. The molecule has 1 aromatic carbocycles. The van der Waals surface area contributed by atoms with E-state index in [2.05, 4.69) is 10.1 Å². The Morgan fingerprint density at radius 1 is 1.27 bits per heavy atom. The summed E-state index contributed by atoms with van der Waals surface area (Å²) in [4.78, 5) is 3.83. The van der Waals surface area contributed by atoms with Gasteiger partial charge in [0.05, 0.1) is 6.20 Å². The number of phenols is 1. The third-order valence-corrected chi connectivity index (χ3v) is 4.39. The van der Waals surface area contributed by atoms with Gasteiger partial charge in [-0.2, -0.15) is 13.5 Å². The molecule has 0 saturated carbocycles. The number of phenolic OH excluding ortho intramolecular Hbond substituents is 1. The SMILES string of the molecule is O=S1(=O)NC(O)=CN1c1ccc(CCn2cncn2)cc1O. The molecule has 0 spiro atoms. The second-order valence-corrected chi connectivity index (χ2v) is 6.20. The Balaban J connectivity index is 1.81. The van der Waals surface area contributed by atoms with Gasteiger partial charge in [-0.15, -0.1) is 0 Å². The van der Waals surface area contributed by atoms with E-state index in [1.165, 1.54) is 18.5 Å². The molecule has 3 N–H and O–H groups in total. The van der Waals surface area contributed by atoms with Gasteiger partial charge in [-0.1, -0.05) is 6.07 Å². The standard InChI is InChI=1S/C12H13N5O4S/c18-11-5-9(3-4-16-8-13-7-14-16)1-2-10(11)17-6-12(19)15-22(17,20)21/h1-2,5-8,15,18-19H,3-4H2. The Morgan fingerprint density at radius 3 is 2.68 bits per heavy atom. The lowest BCUT2D eigenvalue weighted by Gasteiger charge is -2.16. The second kappa shape index (κ2) is 5.22. The Hall–Kier alpha value is -2.75. The van der Waals surface area contributed by atoms with Gasteiger partial charge in [0.1, 0.15) is 24.1 Å². The van der Waals surface area contributed by atoms with Crippen LogP contribution in [0, 0.1) is 0 Å². The Kier molecular flexibility index (Phi) is 3.37. The molecule has 0 aliphatic carbocycles. The van der Waals surface area contributed by atoms with Crippen molar-refractivity contribution in [2.24, 2.45) is 0 Å². The average Bonchev–Trinajstić information content (AvgIpc) is 3.04. The summed E-state index contributed by atoms with van der Waals surface area (Å²) in [7, 11) is -3.91. The zero-order valence-corrected chi connectivity index (χ0v) is 12.1. The van der Waals surface area contributed by atoms with Crippen molar-refractivity contribution in [3.05, 3.63) is 48.5 Å². The van der Waals surface area contributed by atoms with Crippen LogP contribution >= 0.6 is 0 Å². The summed E-state index contributed by atoms with van der Waals surface area (Å²) in [6, 6.07) is 4.65. The fourth-order valence-electron chi connectivity index (χ4n) is 2.09. The van der Waals surface area contributed by atoms with E-state index in [0.29, 0.717) is 13.0 Å². The molecule has 0 saturated heterocycles. The first kappa shape index (κ1) is 14.2. The first-order valence-corrected chi connectivity index (χ1v) is 7.77. The zero-order valence-electron chi connectivity index (χ0n) is 11.3. The Bertz CT molecular complexity index is 816. The Labute approximate surface area is 126 Å². The highest BCUT2D eigenvalue weighted by molar-refractivity contribution is 7.91. The monoisotopic (exact) mass is 323 g/mol. The second-order valence-electron chi connectivity index (χ2n) is 4.65. The highest BCUT2D eigenvalue weighted by Gasteiger charge is 2.30. The van der Waals surface area contributed by atoms with Crippen molar-refractivity contribution in [1.29, 1.82) is 0 Å². The van der Waals surface area contributed by atoms with Crippen molar-refractivity contribution in [3.63, 3.8) is 0 Å². The molecule has 0 amide bonds. The highest BCUT2D eigenvalue weighted by Crippen LogP contribution is 2.32. The van der Waals surface area contributed by atoms with Gasteiger partial charge in [0, 0.05) is 6.54 Å². The molecule has 0 fully saturated rings. The van der Waals surface area contributed by atoms with E-state index < -0.39 is 16.1 Å². The topological polar surface area (TPSA) is 121 Å². The van der Waals surface area contributed by atoms with Gasteiger partial charge < -0.3 is 10.2 Å². The third kappa shape index (κ3) is 2.68. The predicted octanol–water partition coefficient (Wildman–Crippen LogP) is 0.238. The molecule has 0 radical (unpaired) electrons. The number of anilines is 1. The molecule has 0 unspecified atom stereocenters.